The third-order valence-electron chi connectivity index (χ3n) is 3.44. The predicted molar refractivity (Wildman–Crippen MR) is 72.1 cm³/mol. The quantitative estimate of drug-likeness (QED) is 0.790. The average molecular weight is 368 g/mol. The fraction of sp³-hybridized carbons (Fsp3) is 0.545. The zero-order valence-corrected chi connectivity index (χ0v) is 13.1. The average Bonchev–Trinajstić information content (AvgIpc) is 2.71. The van der Waals surface area contributed by atoms with Gasteiger partial charge in [-0.1, -0.05) is 0 Å². The van der Waals surface area contributed by atoms with Gasteiger partial charge in [-0.05, 0) is 35.2 Å². The monoisotopic (exact) mass is 367 g/mol. The second-order valence-electron chi connectivity index (χ2n) is 4.62. The second-order valence-corrected chi connectivity index (χ2v) is 7.07. The Balaban J connectivity index is 2.16. The Morgan fingerprint density at radius 3 is 2.65 bits per heavy atom. The molecule has 0 spiro atoms. The first kappa shape index (κ1) is 15.5. The van der Waals surface area contributed by atoms with Crippen molar-refractivity contribution in [3.63, 3.8) is 0 Å². The highest BCUT2D eigenvalue weighted by atomic mass is 79.9. The molecule has 112 valence electrons. The molecule has 1 fully saturated rings. The van der Waals surface area contributed by atoms with Crippen LogP contribution in [0.15, 0.2) is 20.0 Å². The third kappa shape index (κ3) is 2.90. The first-order valence-corrected chi connectivity index (χ1v) is 8.15. The van der Waals surface area contributed by atoms with Crippen LogP contribution in [0.1, 0.15) is 29.8 Å². The molecule has 1 aromatic heterocycles. The van der Waals surface area contributed by atoms with Gasteiger partial charge in [0.2, 0.25) is 15.8 Å². The molecule has 9 heteroatoms. The van der Waals surface area contributed by atoms with E-state index in [0.29, 0.717) is 0 Å². The Bertz CT molecular complexity index is 613. The molecule has 1 aliphatic rings. The number of aromatic carboxylic acids is 1. The minimum Gasteiger partial charge on any atom is -0.475 e. The van der Waals surface area contributed by atoms with E-state index >= 15 is 0 Å². The zero-order valence-electron chi connectivity index (χ0n) is 10.7. The number of carboxylic acid groups (broad SMARTS) is 1. The molecule has 0 amide bonds. The van der Waals surface area contributed by atoms with Crippen molar-refractivity contribution in [2.45, 2.75) is 29.8 Å². The van der Waals surface area contributed by atoms with Gasteiger partial charge in [-0.2, -0.15) is 0 Å². The van der Waals surface area contributed by atoms with Crippen molar-refractivity contribution in [2.75, 3.05) is 13.7 Å². The molecule has 0 atom stereocenters. The molecular weight excluding hydrogens is 354 g/mol. The lowest BCUT2D eigenvalue weighted by Gasteiger charge is -2.40. The van der Waals surface area contributed by atoms with Crippen LogP contribution in [0.2, 0.25) is 0 Å². The van der Waals surface area contributed by atoms with Crippen molar-refractivity contribution in [3.05, 3.63) is 16.5 Å². The Morgan fingerprint density at radius 2 is 2.25 bits per heavy atom. The van der Waals surface area contributed by atoms with Crippen LogP contribution in [-0.2, 0) is 14.8 Å². The van der Waals surface area contributed by atoms with E-state index in [2.05, 4.69) is 20.7 Å². The van der Waals surface area contributed by atoms with Crippen LogP contribution in [0.5, 0.6) is 0 Å². The molecule has 1 aliphatic carbocycles. The van der Waals surface area contributed by atoms with Gasteiger partial charge in [0.1, 0.15) is 4.90 Å². The minimum absolute atomic E-state index is 0.137. The summed E-state index contributed by atoms with van der Waals surface area (Å²) in [7, 11) is -2.31. The number of rotatable bonds is 6. The number of hydrogen-bond donors (Lipinski definition) is 2. The molecular formula is C11H14BrNO6S. The zero-order chi connectivity index (χ0) is 15.0. The normalized spacial score (nSPS) is 17.7. The van der Waals surface area contributed by atoms with Crippen molar-refractivity contribution >= 4 is 31.9 Å². The predicted octanol–water partition coefficient (Wildman–Crippen LogP) is 1.59. The van der Waals surface area contributed by atoms with Crippen molar-refractivity contribution in [1.29, 1.82) is 0 Å². The lowest BCUT2D eigenvalue weighted by atomic mass is 9.80. The van der Waals surface area contributed by atoms with Crippen LogP contribution in [0, 0.1) is 0 Å². The highest BCUT2D eigenvalue weighted by Crippen LogP contribution is 2.35. The first-order valence-electron chi connectivity index (χ1n) is 5.87. The van der Waals surface area contributed by atoms with Crippen LogP contribution in [0.4, 0.5) is 0 Å². The van der Waals surface area contributed by atoms with Crippen molar-refractivity contribution < 1.29 is 27.5 Å². The molecule has 2 N–H and O–H groups in total. The summed E-state index contributed by atoms with van der Waals surface area (Å²) in [5.74, 6) is -1.78. The maximum Gasteiger partial charge on any atom is 0.371 e. The summed E-state index contributed by atoms with van der Waals surface area (Å²) < 4.78 is 36.7. The van der Waals surface area contributed by atoms with E-state index in [1.165, 1.54) is 0 Å². The fourth-order valence-corrected chi connectivity index (χ4v) is 4.02. The molecule has 0 aromatic carbocycles. The lowest BCUT2D eigenvalue weighted by Crippen LogP contribution is -2.49. The Kier molecular flexibility index (Phi) is 4.24. The SMILES string of the molecule is COC1(CNS(=O)(=O)c2cc(C(=O)O)oc2Br)CCC1. The van der Waals surface area contributed by atoms with Crippen molar-refractivity contribution in [2.24, 2.45) is 0 Å². The number of hydrogen-bond acceptors (Lipinski definition) is 5. The van der Waals surface area contributed by atoms with Gasteiger partial charge in [0, 0.05) is 19.7 Å². The van der Waals surface area contributed by atoms with Crippen LogP contribution < -0.4 is 4.72 Å². The molecule has 1 aromatic rings. The largest absolute Gasteiger partial charge is 0.475 e. The van der Waals surface area contributed by atoms with E-state index in [1.54, 1.807) is 7.11 Å². The molecule has 0 saturated heterocycles. The summed E-state index contributed by atoms with van der Waals surface area (Å²) in [5, 5.41) is 8.78. The van der Waals surface area contributed by atoms with E-state index in [9.17, 15) is 13.2 Å². The summed E-state index contributed by atoms with van der Waals surface area (Å²) in [6.07, 6.45) is 2.58. The number of ether oxygens (including phenoxy) is 1. The number of sulfonamides is 1. The van der Waals surface area contributed by atoms with Gasteiger partial charge in [0.25, 0.3) is 0 Å². The topological polar surface area (TPSA) is 106 Å². The van der Waals surface area contributed by atoms with E-state index < -0.39 is 27.4 Å². The number of carboxylic acids is 1. The fourth-order valence-electron chi connectivity index (χ4n) is 1.97. The number of carbonyl (C=O) groups is 1. The smallest absolute Gasteiger partial charge is 0.371 e. The number of nitrogens with one attached hydrogen (secondary N) is 1. The van der Waals surface area contributed by atoms with E-state index in [1.807, 2.05) is 0 Å². The van der Waals surface area contributed by atoms with Gasteiger partial charge >= 0.3 is 5.97 Å². The molecule has 1 saturated carbocycles. The van der Waals surface area contributed by atoms with Crippen LogP contribution >= 0.6 is 15.9 Å². The molecule has 0 bridgehead atoms. The van der Waals surface area contributed by atoms with Crippen molar-refractivity contribution in [1.82, 2.24) is 4.72 Å². The van der Waals surface area contributed by atoms with Crippen LogP contribution in [-0.4, -0.2) is 38.7 Å². The van der Waals surface area contributed by atoms with Gasteiger partial charge in [0.05, 0.1) is 5.60 Å². The van der Waals surface area contributed by atoms with Gasteiger partial charge in [-0.3, -0.25) is 0 Å². The molecule has 0 aliphatic heterocycles. The number of methoxy groups -OCH3 is 1. The summed E-state index contributed by atoms with van der Waals surface area (Å²) in [6, 6.07) is 0.967. The minimum atomic E-state index is -3.86. The second kappa shape index (κ2) is 5.47. The van der Waals surface area contributed by atoms with Crippen LogP contribution in [0.25, 0.3) is 0 Å². The lowest BCUT2D eigenvalue weighted by molar-refractivity contribution is -0.0659. The molecule has 0 radical (unpaired) electrons. The van der Waals surface area contributed by atoms with Crippen LogP contribution in [0.3, 0.4) is 0 Å². The number of halogens is 1. The molecule has 2 rings (SSSR count). The third-order valence-corrected chi connectivity index (χ3v) is 5.70. The van der Waals surface area contributed by atoms with Gasteiger partial charge in [-0.15, -0.1) is 0 Å². The highest BCUT2D eigenvalue weighted by molar-refractivity contribution is 9.10. The van der Waals surface area contributed by atoms with E-state index in [-0.39, 0.29) is 16.1 Å². The Hall–Kier alpha value is -0.900. The van der Waals surface area contributed by atoms with E-state index in [0.717, 1.165) is 25.3 Å². The molecule has 0 unspecified atom stereocenters. The highest BCUT2D eigenvalue weighted by Gasteiger charge is 2.38. The van der Waals surface area contributed by atoms with Gasteiger partial charge in [0.15, 0.2) is 4.67 Å². The maximum absolute atomic E-state index is 12.1. The molecule has 7 nitrogen and oxygen atoms in total. The molecule has 1 heterocycles. The standard InChI is InChI=1S/C11H14BrNO6S/c1-18-11(3-2-4-11)6-13-20(16,17)8-5-7(10(14)15)19-9(8)12/h5,13H,2-4,6H2,1H3,(H,14,15). The van der Waals surface area contributed by atoms with Gasteiger partial charge < -0.3 is 14.3 Å². The maximum atomic E-state index is 12.1. The molecule has 20 heavy (non-hydrogen) atoms. The Morgan fingerprint density at radius 1 is 1.60 bits per heavy atom. The summed E-state index contributed by atoms with van der Waals surface area (Å²) in [6.45, 7) is 0.145. The number of furan rings is 1. The summed E-state index contributed by atoms with van der Waals surface area (Å²) >= 11 is 2.91. The van der Waals surface area contributed by atoms with E-state index in [4.69, 9.17) is 14.3 Å². The van der Waals surface area contributed by atoms with Crippen molar-refractivity contribution in [3.8, 4) is 0 Å². The summed E-state index contributed by atoms with van der Waals surface area (Å²) in [5.41, 5.74) is -0.459. The van der Waals surface area contributed by atoms with Gasteiger partial charge in [-0.25, -0.2) is 17.9 Å². The summed E-state index contributed by atoms with van der Waals surface area (Å²) in [4.78, 5) is 10.5. The first-order chi connectivity index (χ1) is 9.30. The Labute approximate surface area is 124 Å².